The van der Waals surface area contributed by atoms with E-state index in [2.05, 4.69) is 50.9 Å². The third-order valence-corrected chi connectivity index (χ3v) is 6.34. The summed E-state index contributed by atoms with van der Waals surface area (Å²) >= 11 is 7.08. The molecule has 0 fully saturated rings. The van der Waals surface area contributed by atoms with Crippen molar-refractivity contribution in [1.82, 2.24) is 0 Å². The molecule has 0 heterocycles. The van der Waals surface area contributed by atoms with Gasteiger partial charge in [-0.2, -0.15) is 0 Å². The second-order valence-corrected chi connectivity index (χ2v) is 7.95. The van der Waals surface area contributed by atoms with Crippen molar-refractivity contribution in [2.24, 2.45) is 0 Å². The van der Waals surface area contributed by atoms with E-state index >= 15 is 0 Å². The van der Waals surface area contributed by atoms with Crippen LogP contribution in [0, 0.1) is 6.92 Å². The van der Waals surface area contributed by atoms with Crippen LogP contribution in [0.15, 0.2) is 33.2 Å². The van der Waals surface area contributed by atoms with Gasteiger partial charge in [0.25, 0.3) is 0 Å². The number of hydrogen-bond acceptors (Lipinski definition) is 1. The van der Waals surface area contributed by atoms with E-state index in [0.717, 1.165) is 29.2 Å². The molecule has 0 unspecified atom stereocenters. The van der Waals surface area contributed by atoms with Crippen molar-refractivity contribution in [3.05, 3.63) is 66.6 Å². The van der Waals surface area contributed by atoms with Gasteiger partial charge < -0.3 is 0 Å². The van der Waals surface area contributed by atoms with Crippen LogP contribution in [0.4, 0.5) is 0 Å². The van der Waals surface area contributed by atoms with E-state index in [1.807, 2.05) is 39.8 Å². The molecule has 0 spiro atoms. The minimum absolute atomic E-state index is 0.866. The van der Waals surface area contributed by atoms with Crippen molar-refractivity contribution >= 4 is 38.1 Å². The minimum atomic E-state index is 0.866. The largest absolute Gasteiger partial charge is 0.298 e. The fraction of sp³-hybridized carbons (Fsp3) is 0.458. The molecule has 2 aromatic rings. The quantitative estimate of drug-likeness (QED) is 0.365. The molecule has 3 heteroatoms. The number of aldehydes is 1. The van der Waals surface area contributed by atoms with E-state index in [1.165, 1.54) is 46.8 Å². The maximum absolute atomic E-state index is 10.7. The molecule has 4 rings (SSSR count). The lowest BCUT2D eigenvalue weighted by Gasteiger charge is -2.04. The first-order valence-corrected chi connectivity index (χ1v) is 11.7. The molecule has 27 heavy (non-hydrogen) atoms. The van der Waals surface area contributed by atoms with Gasteiger partial charge in [-0.1, -0.05) is 71.7 Å². The van der Waals surface area contributed by atoms with E-state index in [0.29, 0.717) is 0 Å². The zero-order valence-electron chi connectivity index (χ0n) is 17.3. The molecule has 0 aliphatic heterocycles. The van der Waals surface area contributed by atoms with Gasteiger partial charge in [-0.3, -0.25) is 4.79 Å². The summed E-state index contributed by atoms with van der Waals surface area (Å²) in [5.74, 6) is 0. The highest BCUT2D eigenvalue weighted by Gasteiger charge is 2.16. The van der Waals surface area contributed by atoms with Gasteiger partial charge in [0.1, 0.15) is 6.29 Å². The highest BCUT2D eigenvalue weighted by atomic mass is 79.9. The lowest BCUT2D eigenvalue weighted by atomic mass is 10.0. The maximum atomic E-state index is 10.7. The fourth-order valence-electron chi connectivity index (χ4n) is 3.64. The highest BCUT2D eigenvalue weighted by Crippen LogP contribution is 2.31. The predicted octanol–water partition coefficient (Wildman–Crippen LogP) is 8.05. The van der Waals surface area contributed by atoms with Crippen LogP contribution in [0.25, 0.3) is 0 Å². The summed E-state index contributed by atoms with van der Waals surface area (Å²) in [7, 11) is 0. The van der Waals surface area contributed by atoms with Crippen molar-refractivity contribution in [3.63, 3.8) is 0 Å². The van der Waals surface area contributed by atoms with Crippen LogP contribution in [0.3, 0.4) is 0 Å². The Morgan fingerprint density at radius 3 is 1.67 bits per heavy atom. The van der Waals surface area contributed by atoms with E-state index in [1.54, 1.807) is 11.1 Å². The summed E-state index contributed by atoms with van der Waals surface area (Å²) in [6.45, 7) is 10.2. The third kappa shape index (κ3) is 6.02. The molecule has 1 nitrogen and oxygen atoms in total. The first-order valence-electron chi connectivity index (χ1n) is 10.1. The number of fused-ring (bicyclic) bond motifs is 2. The summed E-state index contributed by atoms with van der Waals surface area (Å²) in [5, 5.41) is 0. The average molecular weight is 496 g/mol. The van der Waals surface area contributed by atoms with Gasteiger partial charge in [-0.05, 0) is 85.4 Å². The van der Waals surface area contributed by atoms with E-state index in [9.17, 15) is 4.79 Å². The van der Waals surface area contributed by atoms with Gasteiger partial charge in [0.05, 0.1) is 0 Å². The maximum Gasteiger partial charge on any atom is 0.150 e. The Kier molecular flexibility index (Phi) is 11.2. The number of carbonyl (C=O) groups excluding carboxylic acids is 1. The van der Waals surface area contributed by atoms with Crippen LogP contribution in [0.2, 0.25) is 0 Å². The zero-order chi connectivity index (χ0) is 20.4. The van der Waals surface area contributed by atoms with E-state index in [-0.39, 0.29) is 0 Å². The molecular weight excluding hydrogens is 464 g/mol. The summed E-state index contributed by atoms with van der Waals surface area (Å²) in [4.78, 5) is 10.7. The third-order valence-electron chi connectivity index (χ3n) is 4.85. The number of halogens is 2. The molecule has 0 atom stereocenters. The molecule has 0 N–H and O–H groups in total. The van der Waals surface area contributed by atoms with Gasteiger partial charge in [0, 0.05) is 14.5 Å². The number of hydrogen-bond donors (Lipinski definition) is 0. The number of aryl methyl sites for hydroxylation is 1. The normalized spacial score (nSPS) is 13.0. The van der Waals surface area contributed by atoms with Gasteiger partial charge in [0.2, 0.25) is 0 Å². The Morgan fingerprint density at radius 1 is 0.704 bits per heavy atom. The smallest absolute Gasteiger partial charge is 0.150 e. The second-order valence-electron chi connectivity index (χ2n) is 6.24. The molecular formula is C24H32Br2O. The van der Waals surface area contributed by atoms with Gasteiger partial charge in [0.15, 0.2) is 0 Å². The molecule has 0 amide bonds. The second kappa shape index (κ2) is 12.5. The molecule has 0 bridgehead atoms. The van der Waals surface area contributed by atoms with Gasteiger partial charge in [-0.25, -0.2) is 0 Å². The van der Waals surface area contributed by atoms with Crippen LogP contribution in [0.5, 0.6) is 0 Å². The van der Waals surface area contributed by atoms with Crippen molar-refractivity contribution in [3.8, 4) is 0 Å². The standard InChI is InChI=1S/C10H9BrO.C10H11Br.2C2H6/c11-10-5-4-7(6-12)8-2-1-3-9(8)10;1-7-5-6-10(11)9-4-2-3-8(7)9;2*1-2/h4-6H,1-3H2;5-6H,2-4H2,1H3;2*1-2H3. The Morgan fingerprint density at radius 2 is 1.15 bits per heavy atom. The Hall–Kier alpha value is -0.930. The van der Waals surface area contributed by atoms with Crippen LogP contribution < -0.4 is 0 Å². The predicted molar refractivity (Wildman–Crippen MR) is 125 cm³/mol. The molecule has 2 aliphatic carbocycles. The molecule has 0 saturated carbocycles. The SMILES string of the molecule is CC.CC.Cc1ccc(Br)c2c1CCC2.O=Cc1ccc(Br)c2c1CCC2. The average Bonchev–Trinajstić information content (AvgIpc) is 3.40. The van der Waals surface area contributed by atoms with Crippen molar-refractivity contribution in [2.45, 2.75) is 73.1 Å². The first-order chi connectivity index (χ1) is 13.1. The highest BCUT2D eigenvalue weighted by molar-refractivity contribution is 9.10. The van der Waals surface area contributed by atoms with Crippen molar-refractivity contribution < 1.29 is 4.79 Å². The first kappa shape index (κ1) is 24.1. The monoisotopic (exact) mass is 494 g/mol. The Labute approximate surface area is 182 Å². The summed E-state index contributed by atoms with van der Waals surface area (Å²) in [6, 6.07) is 8.23. The lowest BCUT2D eigenvalue weighted by molar-refractivity contribution is 0.112. The van der Waals surface area contributed by atoms with Crippen LogP contribution in [0.1, 0.15) is 78.7 Å². The number of benzene rings is 2. The van der Waals surface area contributed by atoms with Gasteiger partial charge >= 0.3 is 0 Å². The molecule has 0 aromatic heterocycles. The fourth-order valence-corrected chi connectivity index (χ4v) is 4.78. The van der Waals surface area contributed by atoms with Crippen LogP contribution in [-0.4, -0.2) is 6.29 Å². The number of rotatable bonds is 1. The summed E-state index contributed by atoms with van der Waals surface area (Å²) < 4.78 is 2.45. The molecule has 2 aromatic carbocycles. The lowest BCUT2D eigenvalue weighted by Crippen LogP contribution is -1.91. The summed E-state index contributed by atoms with van der Waals surface area (Å²) in [6.07, 6.45) is 8.17. The molecule has 148 valence electrons. The van der Waals surface area contributed by atoms with Crippen LogP contribution in [-0.2, 0) is 25.7 Å². The Balaban J connectivity index is 0.000000229. The Bertz CT molecular complexity index is 722. The van der Waals surface area contributed by atoms with E-state index < -0.39 is 0 Å². The summed E-state index contributed by atoms with van der Waals surface area (Å²) in [5.41, 5.74) is 8.04. The minimum Gasteiger partial charge on any atom is -0.298 e. The van der Waals surface area contributed by atoms with Gasteiger partial charge in [-0.15, -0.1) is 0 Å². The molecule has 0 radical (unpaired) electrons. The van der Waals surface area contributed by atoms with Crippen molar-refractivity contribution in [1.29, 1.82) is 0 Å². The molecule has 2 aliphatic rings. The molecule has 0 saturated heterocycles. The van der Waals surface area contributed by atoms with E-state index in [4.69, 9.17) is 0 Å². The zero-order valence-corrected chi connectivity index (χ0v) is 20.5. The number of carbonyl (C=O) groups is 1. The van der Waals surface area contributed by atoms with Crippen molar-refractivity contribution in [2.75, 3.05) is 0 Å². The topological polar surface area (TPSA) is 17.1 Å². The van der Waals surface area contributed by atoms with Crippen LogP contribution >= 0.6 is 31.9 Å².